The highest BCUT2D eigenvalue weighted by atomic mass is 19.4. The molecule has 1 atom stereocenters. The van der Waals surface area contributed by atoms with Crippen molar-refractivity contribution in [1.29, 1.82) is 0 Å². The minimum atomic E-state index is -4.67. The molecule has 31 heavy (non-hydrogen) atoms. The topological polar surface area (TPSA) is 72.3 Å². The van der Waals surface area contributed by atoms with E-state index in [2.05, 4.69) is 20.5 Å². The average molecular weight is 433 g/mol. The van der Waals surface area contributed by atoms with Gasteiger partial charge in [-0.3, -0.25) is 4.79 Å². The van der Waals surface area contributed by atoms with Gasteiger partial charge in [-0.05, 0) is 44.0 Å². The Labute approximate surface area is 177 Å². The van der Waals surface area contributed by atoms with Crippen LogP contribution >= 0.6 is 0 Å². The maximum atomic E-state index is 14.2. The first-order valence-electron chi connectivity index (χ1n) is 9.45. The maximum Gasteiger partial charge on any atom is 0.435 e. The summed E-state index contributed by atoms with van der Waals surface area (Å²) in [6.07, 6.45) is -4.04. The van der Waals surface area contributed by atoms with Crippen LogP contribution in [0.2, 0.25) is 0 Å². The summed E-state index contributed by atoms with van der Waals surface area (Å²) in [5.41, 5.74) is 0.406. The van der Waals surface area contributed by atoms with Crippen LogP contribution in [0.1, 0.15) is 44.6 Å². The van der Waals surface area contributed by atoms with Crippen LogP contribution in [0.3, 0.4) is 0 Å². The molecule has 0 spiro atoms. The van der Waals surface area contributed by atoms with Gasteiger partial charge >= 0.3 is 6.18 Å². The number of aryl methyl sites for hydroxylation is 3. The van der Waals surface area contributed by atoms with Crippen LogP contribution in [0.25, 0.3) is 0 Å². The summed E-state index contributed by atoms with van der Waals surface area (Å²) in [6, 6.07) is 9.42. The number of oxime groups is 2. The summed E-state index contributed by atoms with van der Waals surface area (Å²) in [7, 11) is 1.34. The van der Waals surface area contributed by atoms with Crippen LogP contribution in [0, 0.1) is 20.8 Å². The number of halogens is 3. The SMILES string of the molecule is CO/N=C\NC(=O)c1ccc(C2=NOC(c3cc(C)cc(C)c3)(C(F)(F)F)C2)cc1C. The first kappa shape index (κ1) is 22.3. The third kappa shape index (κ3) is 4.40. The van der Waals surface area contributed by atoms with Crippen molar-refractivity contribution < 1.29 is 27.6 Å². The summed E-state index contributed by atoms with van der Waals surface area (Å²) in [4.78, 5) is 21.8. The Kier molecular flexibility index (Phi) is 6.06. The van der Waals surface area contributed by atoms with Gasteiger partial charge in [0.25, 0.3) is 11.5 Å². The maximum absolute atomic E-state index is 14.2. The highest BCUT2D eigenvalue weighted by Crippen LogP contribution is 2.49. The number of carbonyl (C=O) groups is 1. The summed E-state index contributed by atoms with van der Waals surface area (Å²) in [6.45, 7) is 5.16. The smallest absolute Gasteiger partial charge is 0.398 e. The third-order valence-electron chi connectivity index (χ3n) is 5.03. The molecular weight excluding hydrogens is 411 g/mol. The molecule has 9 heteroatoms. The fourth-order valence-corrected chi connectivity index (χ4v) is 3.58. The molecule has 3 rings (SSSR count). The van der Waals surface area contributed by atoms with E-state index < -0.39 is 24.1 Å². The molecule has 164 valence electrons. The Hall–Kier alpha value is -3.36. The first-order valence-corrected chi connectivity index (χ1v) is 9.45. The molecule has 1 aliphatic heterocycles. The van der Waals surface area contributed by atoms with Crippen LogP contribution in [0.15, 0.2) is 46.7 Å². The van der Waals surface area contributed by atoms with Crippen molar-refractivity contribution in [2.45, 2.75) is 39.0 Å². The van der Waals surface area contributed by atoms with E-state index in [1.54, 1.807) is 39.0 Å². The fraction of sp³-hybridized carbons (Fsp3) is 0.318. The zero-order valence-electron chi connectivity index (χ0n) is 17.5. The lowest BCUT2D eigenvalue weighted by atomic mass is 9.85. The minimum Gasteiger partial charge on any atom is -0.398 e. The van der Waals surface area contributed by atoms with E-state index in [1.807, 2.05) is 0 Å². The van der Waals surface area contributed by atoms with Gasteiger partial charge in [0, 0.05) is 17.5 Å². The predicted octanol–water partition coefficient (Wildman–Crippen LogP) is 4.51. The van der Waals surface area contributed by atoms with Gasteiger partial charge in [-0.2, -0.15) is 13.2 Å². The molecule has 0 saturated heterocycles. The molecule has 0 radical (unpaired) electrons. The van der Waals surface area contributed by atoms with Crippen LogP contribution in [0.4, 0.5) is 13.2 Å². The Morgan fingerprint density at radius 3 is 2.45 bits per heavy atom. The molecular formula is C22H22F3N3O3. The van der Waals surface area contributed by atoms with Crippen LogP contribution < -0.4 is 5.32 Å². The summed E-state index contributed by atoms with van der Waals surface area (Å²) >= 11 is 0. The number of nitrogens with one attached hydrogen (secondary N) is 1. The van der Waals surface area contributed by atoms with E-state index in [0.717, 1.165) is 6.34 Å². The number of hydrogen-bond donors (Lipinski definition) is 1. The second-order valence-electron chi connectivity index (χ2n) is 7.43. The molecule has 2 aromatic carbocycles. The highest BCUT2D eigenvalue weighted by molar-refractivity contribution is 6.05. The molecule has 1 unspecified atom stereocenters. The number of hydrogen-bond acceptors (Lipinski definition) is 5. The predicted molar refractivity (Wildman–Crippen MR) is 110 cm³/mol. The van der Waals surface area contributed by atoms with E-state index in [4.69, 9.17) is 4.84 Å². The zero-order valence-corrected chi connectivity index (χ0v) is 17.5. The quantitative estimate of drug-likeness (QED) is 0.428. The Morgan fingerprint density at radius 1 is 1.19 bits per heavy atom. The number of amides is 1. The van der Waals surface area contributed by atoms with Gasteiger partial charge < -0.3 is 15.0 Å². The van der Waals surface area contributed by atoms with Crippen LogP contribution in [0.5, 0.6) is 0 Å². The number of rotatable bonds is 5. The van der Waals surface area contributed by atoms with Crippen LogP contribution in [-0.4, -0.2) is 31.2 Å². The molecule has 0 bridgehead atoms. The standard InChI is InChI=1S/C22H22F3N3O3/c1-13-7-14(2)9-17(8-13)21(22(23,24)25)11-19(28-31-21)16-5-6-18(15(3)10-16)20(29)26-12-27-30-4/h5-10,12H,11H2,1-4H3,(H,26,27,29). The second-order valence-corrected chi connectivity index (χ2v) is 7.43. The van der Waals surface area contributed by atoms with Gasteiger partial charge in [0.15, 0.2) is 0 Å². The van der Waals surface area contributed by atoms with Crippen molar-refractivity contribution in [2.75, 3.05) is 7.11 Å². The molecule has 2 aromatic rings. The van der Waals surface area contributed by atoms with Gasteiger partial charge in [-0.15, -0.1) is 0 Å². The van der Waals surface area contributed by atoms with E-state index in [1.165, 1.54) is 25.3 Å². The van der Waals surface area contributed by atoms with Crippen molar-refractivity contribution in [3.05, 3.63) is 69.8 Å². The first-order chi connectivity index (χ1) is 14.6. The molecule has 1 N–H and O–H groups in total. The molecule has 1 aliphatic rings. The van der Waals surface area contributed by atoms with Crippen molar-refractivity contribution in [3.8, 4) is 0 Å². The monoisotopic (exact) mass is 433 g/mol. The molecule has 1 heterocycles. The fourth-order valence-electron chi connectivity index (χ4n) is 3.58. The Balaban J connectivity index is 1.91. The lowest BCUT2D eigenvalue weighted by molar-refractivity contribution is -0.275. The number of carbonyl (C=O) groups excluding carboxylic acids is 1. The molecule has 0 saturated carbocycles. The average Bonchev–Trinajstić information content (AvgIpc) is 3.14. The second kappa shape index (κ2) is 8.41. The van der Waals surface area contributed by atoms with Crippen LogP contribution in [-0.2, 0) is 15.3 Å². The van der Waals surface area contributed by atoms with E-state index >= 15 is 0 Å². The number of benzene rings is 2. The molecule has 0 aliphatic carbocycles. The zero-order chi connectivity index (χ0) is 22.8. The minimum absolute atomic E-state index is 0.0152. The van der Waals surface area contributed by atoms with E-state index in [-0.39, 0.29) is 11.3 Å². The van der Waals surface area contributed by atoms with E-state index in [0.29, 0.717) is 27.8 Å². The molecule has 0 aromatic heterocycles. The largest absolute Gasteiger partial charge is 0.435 e. The summed E-state index contributed by atoms with van der Waals surface area (Å²) in [5, 5.41) is 9.66. The lowest BCUT2D eigenvalue weighted by Gasteiger charge is -2.30. The van der Waals surface area contributed by atoms with Crippen molar-refractivity contribution in [2.24, 2.45) is 10.3 Å². The van der Waals surface area contributed by atoms with Crippen molar-refractivity contribution in [3.63, 3.8) is 0 Å². The molecule has 1 amide bonds. The number of nitrogens with zero attached hydrogens (tertiary/aromatic N) is 2. The summed E-state index contributed by atoms with van der Waals surface area (Å²) in [5.74, 6) is -0.422. The molecule has 0 fully saturated rings. The lowest BCUT2D eigenvalue weighted by Crippen LogP contribution is -2.42. The van der Waals surface area contributed by atoms with Gasteiger partial charge in [0.2, 0.25) is 0 Å². The van der Waals surface area contributed by atoms with Gasteiger partial charge in [-0.25, -0.2) is 0 Å². The normalized spacial score (nSPS) is 18.6. The number of alkyl halides is 3. The highest BCUT2D eigenvalue weighted by Gasteiger charge is 2.62. The molecule has 6 nitrogen and oxygen atoms in total. The Bertz CT molecular complexity index is 1040. The van der Waals surface area contributed by atoms with Crippen molar-refractivity contribution >= 4 is 18.0 Å². The van der Waals surface area contributed by atoms with Gasteiger partial charge in [0.1, 0.15) is 13.4 Å². The Morgan fingerprint density at radius 2 is 1.87 bits per heavy atom. The van der Waals surface area contributed by atoms with Gasteiger partial charge in [-0.1, -0.05) is 45.7 Å². The summed E-state index contributed by atoms with van der Waals surface area (Å²) < 4.78 is 42.5. The van der Waals surface area contributed by atoms with E-state index in [9.17, 15) is 18.0 Å². The third-order valence-corrected chi connectivity index (χ3v) is 5.03. The van der Waals surface area contributed by atoms with Crippen molar-refractivity contribution in [1.82, 2.24) is 5.32 Å². The van der Waals surface area contributed by atoms with Gasteiger partial charge in [0.05, 0.1) is 5.71 Å².